The molecule has 1 amide bonds. The van der Waals surface area contributed by atoms with Gasteiger partial charge in [-0.2, -0.15) is 0 Å². The molecule has 0 radical (unpaired) electrons. The molecule has 1 aromatic carbocycles. The zero-order valence-electron chi connectivity index (χ0n) is 11.1. The fourth-order valence-corrected chi connectivity index (χ4v) is 3.00. The van der Waals surface area contributed by atoms with Crippen molar-refractivity contribution in [3.8, 4) is 0 Å². The summed E-state index contributed by atoms with van der Waals surface area (Å²) in [4.78, 5) is 24.5. The number of carbonyl (C=O) groups excluding carboxylic acids is 2. The van der Waals surface area contributed by atoms with Gasteiger partial charge in [-0.3, -0.25) is 9.59 Å². The highest BCUT2D eigenvalue weighted by Gasteiger charge is 2.14. The minimum Gasteiger partial charge on any atom is -0.345 e. The lowest BCUT2D eigenvalue weighted by Crippen LogP contribution is -2.25. The van der Waals surface area contributed by atoms with Crippen LogP contribution >= 0.6 is 27.3 Å². The van der Waals surface area contributed by atoms with Crippen LogP contribution < -0.4 is 5.32 Å². The first-order valence-electron chi connectivity index (χ1n) is 6.14. The van der Waals surface area contributed by atoms with Crippen molar-refractivity contribution in [2.45, 2.75) is 19.9 Å². The highest BCUT2D eigenvalue weighted by atomic mass is 79.9. The fraction of sp³-hybridized carbons (Fsp3) is 0.200. The minimum atomic E-state index is -0.157. The maximum absolute atomic E-state index is 12.1. The van der Waals surface area contributed by atoms with E-state index in [1.165, 1.54) is 18.3 Å². The van der Waals surface area contributed by atoms with E-state index in [4.69, 9.17) is 0 Å². The van der Waals surface area contributed by atoms with Gasteiger partial charge in [0.05, 0.1) is 15.8 Å². The first-order chi connectivity index (χ1) is 9.47. The molecule has 1 N–H and O–H groups in total. The van der Waals surface area contributed by atoms with Crippen LogP contribution in [-0.2, 0) is 0 Å². The quantitative estimate of drug-likeness (QED) is 0.838. The molecule has 0 aliphatic carbocycles. The van der Waals surface area contributed by atoms with E-state index < -0.39 is 0 Å². The predicted octanol–water partition coefficient (Wildman–Crippen LogP) is 4.20. The van der Waals surface area contributed by atoms with E-state index in [1.54, 1.807) is 12.1 Å². The molecule has 0 aliphatic rings. The van der Waals surface area contributed by atoms with Gasteiger partial charge in [0.15, 0.2) is 5.78 Å². The molecule has 0 aliphatic heterocycles. The van der Waals surface area contributed by atoms with Crippen LogP contribution in [0.3, 0.4) is 0 Å². The van der Waals surface area contributed by atoms with E-state index in [1.807, 2.05) is 31.2 Å². The van der Waals surface area contributed by atoms with Crippen molar-refractivity contribution < 1.29 is 9.59 Å². The van der Waals surface area contributed by atoms with Crippen molar-refractivity contribution in [2.24, 2.45) is 0 Å². The molecular formula is C15H14BrNO2S. The number of benzene rings is 1. The van der Waals surface area contributed by atoms with Gasteiger partial charge < -0.3 is 5.32 Å². The highest BCUT2D eigenvalue weighted by Crippen LogP contribution is 2.20. The SMILES string of the molecule is CC(=O)c1ccc(C(=O)NC(C)c2cccc(Br)c2)s1. The standard InChI is InChI=1S/C15H14BrNO2S/c1-9(11-4-3-5-12(16)8-11)17-15(19)14-7-6-13(20-14)10(2)18/h3-9H,1-2H3,(H,17,19). The molecule has 3 nitrogen and oxygen atoms in total. The normalized spacial score (nSPS) is 11.9. The van der Waals surface area contributed by atoms with E-state index in [9.17, 15) is 9.59 Å². The Bertz CT molecular complexity index is 651. The molecule has 0 saturated heterocycles. The number of ketones is 1. The summed E-state index contributed by atoms with van der Waals surface area (Å²) < 4.78 is 0.978. The van der Waals surface area contributed by atoms with Gasteiger partial charge in [0.2, 0.25) is 0 Å². The smallest absolute Gasteiger partial charge is 0.261 e. The Kier molecular flexibility index (Phi) is 4.73. The summed E-state index contributed by atoms with van der Waals surface area (Å²) in [5.74, 6) is -0.177. The topological polar surface area (TPSA) is 46.2 Å². The monoisotopic (exact) mass is 351 g/mol. The van der Waals surface area contributed by atoms with Gasteiger partial charge in [0.25, 0.3) is 5.91 Å². The van der Waals surface area contributed by atoms with Crippen molar-refractivity contribution >= 4 is 39.0 Å². The van der Waals surface area contributed by atoms with Gasteiger partial charge in [-0.1, -0.05) is 28.1 Å². The van der Waals surface area contributed by atoms with Gasteiger partial charge in [-0.05, 0) is 43.7 Å². The Morgan fingerprint density at radius 2 is 1.90 bits per heavy atom. The molecule has 5 heteroatoms. The van der Waals surface area contributed by atoms with E-state index >= 15 is 0 Å². The highest BCUT2D eigenvalue weighted by molar-refractivity contribution is 9.10. The summed E-state index contributed by atoms with van der Waals surface area (Å²) in [6, 6.07) is 11.1. The molecule has 104 valence electrons. The molecule has 0 spiro atoms. The Morgan fingerprint density at radius 3 is 2.50 bits per heavy atom. The predicted molar refractivity (Wildman–Crippen MR) is 84.3 cm³/mol. The minimum absolute atomic E-state index is 0.0194. The maximum Gasteiger partial charge on any atom is 0.261 e. The number of halogens is 1. The molecule has 1 heterocycles. The van der Waals surface area contributed by atoms with Gasteiger partial charge in [0.1, 0.15) is 0 Å². The van der Waals surface area contributed by atoms with Crippen LogP contribution in [-0.4, -0.2) is 11.7 Å². The second kappa shape index (κ2) is 6.33. The summed E-state index contributed by atoms with van der Waals surface area (Å²) >= 11 is 4.63. The molecule has 1 atom stereocenters. The van der Waals surface area contributed by atoms with Crippen molar-refractivity contribution in [1.82, 2.24) is 5.32 Å². The van der Waals surface area contributed by atoms with Crippen LogP contribution in [0, 0.1) is 0 Å². The zero-order valence-corrected chi connectivity index (χ0v) is 13.5. The molecule has 2 aromatic rings. The Labute approximate surface area is 130 Å². The first kappa shape index (κ1) is 14.9. The number of hydrogen-bond acceptors (Lipinski definition) is 3. The maximum atomic E-state index is 12.1. The summed E-state index contributed by atoms with van der Waals surface area (Å²) in [5, 5.41) is 2.93. The van der Waals surface area contributed by atoms with Crippen LogP contribution in [0.2, 0.25) is 0 Å². The lowest BCUT2D eigenvalue weighted by molar-refractivity contribution is 0.0943. The van der Waals surface area contributed by atoms with Crippen LogP contribution in [0.15, 0.2) is 40.9 Å². The lowest BCUT2D eigenvalue weighted by atomic mass is 10.1. The molecule has 20 heavy (non-hydrogen) atoms. The fourth-order valence-electron chi connectivity index (χ4n) is 1.78. The van der Waals surface area contributed by atoms with Gasteiger partial charge in [0, 0.05) is 4.47 Å². The summed E-state index contributed by atoms with van der Waals surface area (Å²) in [5.41, 5.74) is 1.02. The number of carbonyl (C=O) groups is 2. The number of thiophene rings is 1. The number of Topliss-reactive ketones (excluding diaryl/α,β-unsaturated/α-hetero) is 1. The van der Waals surface area contributed by atoms with Gasteiger partial charge >= 0.3 is 0 Å². The Hall–Kier alpha value is -1.46. The van der Waals surface area contributed by atoms with Crippen LogP contribution in [0.25, 0.3) is 0 Å². The van der Waals surface area contributed by atoms with E-state index in [0.717, 1.165) is 10.0 Å². The Morgan fingerprint density at radius 1 is 1.20 bits per heavy atom. The van der Waals surface area contributed by atoms with Gasteiger partial charge in [-0.15, -0.1) is 11.3 Å². The third-order valence-electron chi connectivity index (χ3n) is 2.87. The number of nitrogens with one attached hydrogen (secondary N) is 1. The molecule has 1 aromatic heterocycles. The van der Waals surface area contributed by atoms with E-state index in [2.05, 4.69) is 21.2 Å². The average Bonchev–Trinajstić information content (AvgIpc) is 2.88. The van der Waals surface area contributed by atoms with Crippen molar-refractivity contribution in [3.63, 3.8) is 0 Å². The van der Waals surface area contributed by atoms with Crippen LogP contribution in [0.4, 0.5) is 0 Å². The zero-order chi connectivity index (χ0) is 14.7. The third kappa shape index (κ3) is 3.55. The summed E-state index contributed by atoms with van der Waals surface area (Å²) in [7, 11) is 0. The van der Waals surface area contributed by atoms with Crippen molar-refractivity contribution in [3.05, 3.63) is 56.2 Å². The average molecular weight is 352 g/mol. The molecule has 0 bridgehead atoms. The van der Waals surface area contributed by atoms with Crippen LogP contribution in [0.5, 0.6) is 0 Å². The van der Waals surface area contributed by atoms with E-state index in [0.29, 0.717) is 9.75 Å². The second-order valence-electron chi connectivity index (χ2n) is 4.47. The summed E-state index contributed by atoms with van der Waals surface area (Å²) in [6.07, 6.45) is 0. The Balaban J connectivity index is 2.08. The largest absolute Gasteiger partial charge is 0.345 e. The van der Waals surface area contributed by atoms with Crippen molar-refractivity contribution in [2.75, 3.05) is 0 Å². The van der Waals surface area contributed by atoms with Crippen molar-refractivity contribution in [1.29, 1.82) is 0 Å². The van der Waals surface area contributed by atoms with E-state index in [-0.39, 0.29) is 17.7 Å². The number of amides is 1. The second-order valence-corrected chi connectivity index (χ2v) is 6.47. The lowest BCUT2D eigenvalue weighted by Gasteiger charge is -2.13. The van der Waals surface area contributed by atoms with Crippen LogP contribution in [0.1, 0.15) is 44.8 Å². The molecule has 2 rings (SSSR count). The third-order valence-corrected chi connectivity index (χ3v) is 4.55. The van der Waals surface area contributed by atoms with Gasteiger partial charge in [-0.25, -0.2) is 0 Å². The molecule has 1 unspecified atom stereocenters. The molecule has 0 fully saturated rings. The number of rotatable bonds is 4. The number of hydrogen-bond donors (Lipinski definition) is 1. The molecule has 0 saturated carbocycles. The molecular weight excluding hydrogens is 338 g/mol. The first-order valence-corrected chi connectivity index (χ1v) is 7.75. The summed E-state index contributed by atoms with van der Waals surface area (Å²) in [6.45, 7) is 3.43.